The second-order valence-electron chi connectivity index (χ2n) is 27.7. The van der Waals surface area contributed by atoms with Crippen molar-refractivity contribution < 1.29 is 0 Å². The molecule has 0 fully saturated rings. The second-order valence-corrected chi connectivity index (χ2v) is 27.7. The molecule has 2 aliphatic carbocycles. The van der Waals surface area contributed by atoms with Crippen LogP contribution in [-0.4, -0.2) is 9.97 Å². The molecule has 2 aliphatic rings. The molecule has 0 N–H and O–H groups in total. The van der Waals surface area contributed by atoms with Crippen molar-refractivity contribution >= 4 is 64.6 Å². The third-order valence-corrected chi connectivity index (χ3v) is 18.4. The van der Waals surface area contributed by atoms with Crippen LogP contribution in [0.2, 0.25) is 0 Å². The normalized spacial score (nSPS) is 13.1. The summed E-state index contributed by atoms with van der Waals surface area (Å²) in [7, 11) is 0. The van der Waals surface area contributed by atoms with E-state index in [1.807, 2.05) is 12.4 Å². The first-order valence-electron chi connectivity index (χ1n) is 29.5. The molecule has 0 saturated heterocycles. The van der Waals surface area contributed by atoms with E-state index in [1.54, 1.807) is 0 Å². The number of hydrogen-bond donors (Lipinski definition) is 0. The van der Waals surface area contributed by atoms with E-state index in [0.29, 0.717) is 0 Å². The Labute approximate surface area is 482 Å². The van der Waals surface area contributed by atoms with E-state index in [1.165, 1.54) is 143 Å². The predicted molar refractivity (Wildman–Crippen MR) is 352 cm³/mol. The lowest BCUT2D eigenvalue weighted by Crippen LogP contribution is -2.17. The SMILES string of the molecule is CC(C)(C)c1cc(-c2c3c(c(-c4cc(C(C)(C)C)cc(C(C)(C)C)c4)c4cc5ccccc5cc24)-c2ccc4c5c(ccc-3c25)-c2c-4c(-c3nccc4ccccc34)c3ccccc3c2-c2nccc3ccccc23)cc(C(C)(C)C)c1. The van der Waals surface area contributed by atoms with E-state index in [2.05, 4.69) is 265 Å². The molecule has 2 aromatic heterocycles. The first-order chi connectivity index (χ1) is 39.2. The van der Waals surface area contributed by atoms with Crippen molar-refractivity contribution in [3.63, 3.8) is 0 Å². The maximum Gasteiger partial charge on any atom is 0.0793 e. The number of nitrogens with zero attached hydrogens (tertiary/aromatic N) is 2. The number of aromatic nitrogens is 2. The quantitative estimate of drug-likeness (QED) is 0.164. The molecule has 2 heterocycles. The topological polar surface area (TPSA) is 25.8 Å². The van der Waals surface area contributed by atoms with Gasteiger partial charge in [-0.15, -0.1) is 0 Å². The number of fused-ring (bicyclic) bond motifs is 11. The van der Waals surface area contributed by atoms with E-state index in [-0.39, 0.29) is 21.7 Å². The molecule has 0 bridgehead atoms. The van der Waals surface area contributed by atoms with Crippen molar-refractivity contribution in [2.75, 3.05) is 0 Å². The number of rotatable bonds is 4. The van der Waals surface area contributed by atoms with Crippen molar-refractivity contribution in [1.29, 1.82) is 0 Å². The Morgan fingerprint density at radius 2 is 0.537 bits per heavy atom. The highest BCUT2D eigenvalue weighted by Crippen LogP contribution is 2.65. The van der Waals surface area contributed by atoms with Crippen LogP contribution < -0.4 is 0 Å². The Bertz CT molecular complexity index is 4560. The third-order valence-electron chi connectivity index (χ3n) is 18.4. The molecule has 0 unspecified atom stereocenters. The molecule has 15 rings (SSSR count). The molecule has 0 atom stereocenters. The van der Waals surface area contributed by atoms with Gasteiger partial charge in [0, 0.05) is 45.4 Å². The number of benzene rings is 11. The molecule has 0 spiro atoms. The van der Waals surface area contributed by atoms with Gasteiger partial charge in [-0.25, -0.2) is 0 Å². The van der Waals surface area contributed by atoms with E-state index >= 15 is 0 Å². The van der Waals surface area contributed by atoms with Gasteiger partial charge in [-0.3, -0.25) is 9.97 Å². The van der Waals surface area contributed by atoms with Gasteiger partial charge < -0.3 is 0 Å². The Morgan fingerprint density at radius 1 is 0.244 bits per heavy atom. The largest absolute Gasteiger partial charge is 0.256 e. The van der Waals surface area contributed by atoms with Crippen LogP contribution in [0.3, 0.4) is 0 Å². The molecule has 0 saturated carbocycles. The molecule has 2 nitrogen and oxygen atoms in total. The van der Waals surface area contributed by atoms with Gasteiger partial charge >= 0.3 is 0 Å². The number of pyridine rings is 2. The summed E-state index contributed by atoms with van der Waals surface area (Å²) in [6.45, 7) is 28.4. The molecule has 398 valence electrons. The minimum absolute atomic E-state index is 0.0908. The summed E-state index contributed by atoms with van der Waals surface area (Å²) in [5.74, 6) is 0. The highest BCUT2D eigenvalue weighted by molar-refractivity contribution is 6.36. The summed E-state index contributed by atoms with van der Waals surface area (Å²) in [6, 6.07) is 69.9. The van der Waals surface area contributed by atoms with Gasteiger partial charge in [-0.1, -0.05) is 241 Å². The van der Waals surface area contributed by atoms with Crippen LogP contribution in [0.25, 0.3) is 154 Å². The van der Waals surface area contributed by atoms with Crippen LogP contribution in [0.5, 0.6) is 0 Å². The average Bonchev–Trinajstić information content (AvgIpc) is 1.60. The van der Waals surface area contributed by atoms with E-state index in [4.69, 9.17) is 9.97 Å². The Morgan fingerprint density at radius 3 is 0.866 bits per heavy atom. The van der Waals surface area contributed by atoms with Crippen LogP contribution in [0.1, 0.15) is 105 Å². The molecule has 0 amide bonds. The van der Waals surface area contributed by atoms with E-state index in [0.717, 1.165) is 33.3 Å². The lowest BCUT2D eigenvalue weighted by Gasteiger charge is -2.29. The first kappa shape index (κ1) is 50.3. The van der Waals surface area contributed by atoms with Crippen molar-refractivity contribution in [2.24, 2.45) is 0 Å². The lowest BCUT2D eigenvalue weighted by molar-refractivity contribution is 0.568. The molecule has 0 aliphatic heterocycles. The Balaban J connectivity index is 1.16. The summed E-state index contributed by atoms with van der Waals surface area (Å²) >= 11 is 0. The first-order valence-corrected chi connectivity index (χ1v) is 29.5. The zero-order chi connectivity index (χ0) is 56.5. The summed E-state index contributed by atoms with van der Waals surface area (Å²) in [5, 5.41) is 14.6. The Hall–Kier alpha value is -8.72. The van der Waals surface area contributed by atoms with Gasteiger partial charge in [0.15, 0.2) is 0 Å². The van der Waals surface area contributed by atoms with Gasteiger partial charge in [0.05, 0.1) is 11.4 Å². The van der Waals surface area contributed by atoms with Crippen LogP contribution in [0, 0.1) is 0 Å². The van der Waals surface area contributed by atoms with Crippen LogP contribution >= 0.6 is 0 Å². The van der Waals surface area contributed by atoms with Gasteiger partial charge in [0.1, 0.15) is 0 Å². The van der Waals surface area contributed by atoms with Crippen molar-refractivity contribution in [3.8, 4) is 89.3 Å². The fraction of sp³-hybridized carbons (Fsp3) is 0.200. The summed E-state index contributed by atoms with van der Waals surface area (Å²) in [5.41, 5.74) is 24.6. The van der Waals surface area contributed by atoms with Gasteiger partial charge in [-0.05, 0) is 178 Å². The van der Waals surface area contributed by atoms with Gasteiger partial charge in [0.25, 0.3) is 0 Å². The summed E-state index contributed by atoms with van der Waals surface area (Å²) < 4.78 is 0. The van der Waals surface area contributed by atoms with Crippen molar-refractivity contribution in [1.82, 2.24) is 9.97 Å². The third kappa shape index (κ3) is 7.46. The minimum atomic E-state index is -0.0908. The van der Waals surface area contributed by atoms with Gasteiger partial charge in [-0.2, -0.15) is 0 Å². The zero-order valence-electron chi connectivity index (χ0n) is 49.4. The van der Waals surface area contributed by atoms with E-state index < -0.39 is 0 Å². The standard InChI is InChI=1S/C80H68N2/c1-77(2,3)51-37-49(38-52(43-51)78(4,5)6)65-63-41-47-23-13-14-24-48(47)42-64(63)66(50-39-53(79(7,8)9)44-54(40-50)80(10,11)12)70-60-30-32-62-68-61(31-29-59(67(60)68)69(65)70)71-72(62)74(76-56-26-18-16-22-46(56)34-36-82-76)58-28-20-19-27-57(58)73(71)75-55-25-17-15-21-45(55)33-35-81-75/h13-44H,1-12H3. The fourth-order valence-corrected chi connectivity index (χ4v) is 14.0. The smallest absolute Gasteiger partial charge is 0.0793 e. The van der Waals surface area contributed by atoms with E-state index in [9.17, 15) is 0 Å². The monoisotopic (exact) mass is 1060 g/mol. The highest BCUT2D eigenvalue weighted by atomic mass is 14.7. The zero-order valence-corrected chi connectivity index (χ0v) is 49.4. The van der Waals surface area contributed by atoms with Crippen LogP contribution in [0.4, 0.5) is 0 Å². The average molecular weight is 1060 g/mol. The maximum absolute atomic E-state index is 5.39. The lowest BCUT2D eigenvalue weighted by atomic mass is 9.75. The second kappa shape index (κ2) is 17.4. The summed E-state index contributed by atoms with van der Waals surface area (Å²) in [6.07, 6.45) is 4.00. The molecule has 82 heavy (non-hydrogen) atoms. The molecule has 13 aromatic rings. The highest BCUT2D eigenvalue weighted by Gasteiger charge is 2.39. The Kier molecular flexibility index (Phi) is 10.7. The number of hydrogen-bond acceptors (Lipinski definition) is 2. The summed E-state index contributed by atoms with van der Waals surface area (Å²) in [4.78, 5) is 10.8. The van der Waals surface area contributed by atoms with Crippen LogP contribution in [0.15, 0.2) is 194 Å². The molecular weight excluding hydrogens is 989 g/mol. The molecule has 2 heteroatoms. The predicted octanol–water partition coefficient (Wildman–Crippen LogP) is 22.5. The van der Waals surface area contributed by atoms with Crippen LogP contribution in [-0.2, 0) is 21.7 Å². The maximum atomic E-state index is 5.39. The minimum Gasteiger partial charge on any atom is -0.256 e. The van der Waals surface area contributed by atoms with Crippen molar-refractivity contribution in [3.05, 3.63) is 217 Å². The molecule has 11 aromatic carbocycles. The fourth-order valence-electron chi connectivity index (χ4n) is 14.0. The van der Waals surface area contributed by atoms with Crippen molar-refractivity contribution in [2.45, 2.75) is 105 Å². The molecular formula is C80H68N2. The molecule has 0 radical (unpaired) electrons. The van der Waals surface area contributed by atoms with Gasteiger partial charge in [0.2, 0.25) is 0 Å².